The van der Waals surface area contributed by atoms with Crippen LogP contribution >= 0.6 is 11.6 Å². The molecule has 24 heavy (non-hydrogen) atoms. The second-order valence-electron chi connectivity index (χ2n) is 4.84. The van der Waals surface area contributed by atoms with Crippen molar-refractivity contribution in [3.8, 4) is 11.6 Å². The Balaban J connectivity index is 1.80. The largest absolute Gasteiger partial charge is 0.443 e. The topological polar surface area (TPSA) is 120 Å². The van der Waals surface area contributed by atoms with Crippen LogP contribution in [0.5, 0.6) is 0 Å². The van der Waals surface area contributed by atoms with Gasteiger partial charge in [0.2, 0.25) is 5.89 Å². The van der Waals surface area contributed by atoms with E-state index in [1.165, 1.54) is 12.5 Å². The lowest BCUT2D eigenvalue weighted by Gasteiger charge is -2.09. The number of nitrogens with zero attached hydrogens (tertiary/aromatic N) is 4. The Morgan fingerprint density at radius 3 is 2.88 bits per heavy atom. The van der Waals surface area contributed by atoms with Crippen LogP contribution in [0.25, 0.3) is 11.6 Å². The van der Waals surface area contributed by atoms with E-state index in [-0.39, 0.29) is 18.1 Å². The van der Waals surface area contributed by atoms with Crippen molar-refractivity contribution >= 4 is 23.3 Å². The normalized spacial score (nSPS) is 10.6. The van der Waals surface area contributed by atoms with Crippen LogP contribution in [-0.2, 0) is 6.54 Å². The zero-order valence-electron chi connectivity index (χ0n) is 12.7. The van der Waals surface area contributed by atoms with Crippen molar-refractivity contribution in [2.75, 3.05) is 5.73 Å². The Kier molecular flexibility index (Phi) is 4.39. The maximum absolute atomic E-state index is 12.3. The second-order valence-corrected chi connectivity index (χ2v) is 5.25. The van der Waals surface area contributed by atoms with Crippen LogP contribution in [0.3, 0.4) is 0 Å². The average Bonchev–Trinajstić information content (AvgIpc) is 3.10. The highest BCUT2D eigenvalue weighted by Gasteiger charge is 2.18. The monoisotopic (exact) mass is 344 g/mol. The summed E-state index contributed by atoms with van der Waals surface area (Å²) in [5.41, 5.74) is 7.29. The number of aromatic nitrogens is 4. The number of oxazole rings is 1. The van der Waals surface area contributed by atoms with Gasteiger partial charge in [-0.25, -0.2) is 15.0 Å². The average molecular weight is 345 g/mol. The summed E-state index contributed by atoms with van der Waals surface area (Å²) in [6.07, 6.45) is 4.50. The van der Waals surface area contributed by atoms with Gasteiger partial charge in [0, 0.05) is 6.20 Å². The fourth-order valence-corrected chi connectivity index (χ4v) is 2.23. The van der Waals surface area contributed by atoms with Crippen molar-refractivity contribution in [3.63, 3.8) is 0 Å². The molecule has 0 bridgehead atoms. The highest BCUT2D eigenvalue weighted by Crippen LogP contribution is 2.21. The van der Waals surface area contributed by atoms with Gasteiger partial charge >= 0.3 is 0 Å². The van der Waals surface area contributed by atoms with Gasteiger partial charge in [-0.2, -0.15) is 0 Å². The Bertz CT molecular complexity index is 882. The molecule has 3 aromatic rings. The van der Waals surface area contributed by atoms with Crippen molar-refractivity contribution in [2.45, 2.75) is 13.5 Å². The third kappa shape index (κ3) is 3.18. The predicted molar refractivity (Wildman–Crippen MR) is 87.1 cm³/mol. The number of carbonyl (C=O) groups is 1. The molecule has 0 unspecified atom stereocenters. The predicted octanol–water partition coefficient (Wildman–Crippen LogP) is 2.00. The molecule has 0 aromatic carbocycles. The van der Waals surface area contributed by atoms with E-state index in [9.17, 15) is 4.79 Å². The van der Waals surface area contributed by atoms with Crippen molar-refractivity contribution in [2.24, 2.45) is 0 Å². The number of amides is 1. The number of nitrogens with two attached hydrogens (primary N) is 1. The quantitative estimate of drug-likeness (QED) is 0.742. The number of anilines is 1. The summed E-state index contributed by atoms with van der Waals surface area (Å²) >= 11 is 6.00. The van der Waals surface area contributed by atoms with Gasteiger partial charge in [-0.1, -0.05) is 11.6 Å². The number of aryl methyl sites for hydroxylation is 1. The Morgan fingerprint density at radius 2 is 2.17 bits per heavy atom. The number of pyridine rings is 1. The molecule has 0 aliphatic rings. The van der Waals surface area contributed by atoms with E-state index in [4.69, 9.17) is 21.8 Å². The highest BCUT2D eigenvalue weighted by molar-refractivity contribution is 6.31. The minimum absolute atomic E-state index is 0.0154. The Morgan fingerprint density at radius 1 is 1.33 bits per heavy atom. The second kappa shape index (κ2) is 6.63. The molecule has 1 amide bonds. The first-order valence-electron chi connectivity index (χ1n) is 6.98. The molecule has 3 rings (SSSR count). The molecule has 0 radical (unpaired) electrons. The van der Waals surface area contributed by atoms with E-state index in [1.54, 1.807) is 25.3 Å². The Hall–Kier alpha value is -3.00. The summed E-state index contributed by atoms with van der Waals surface area (Å²) in [6.45, 7) is 1.85. The molecular formula is C15H13ClN6O2. The smallest absolute Gasteiger partial charge is 0.274 e. The number of halogens is 1. The molecule has 0 saturated heterocycles. The van der Waals surface area contributed by atoms with Gasteiger partial charge in [0.25, 0.3) is 5.91 Å². The SMILES string of the molecule is Cc1nc(C(=O)NCc2ncccc2Cl)c(N)nc1-c1ncco1. The van der Waals surface area contributed by atoms with Gasteiger partial charge in [0.15, 0.2) is 11.5 Å². The van der Waals surface area contributed by atoms with Crippen molar-refractivity contribution in [3.05, 3.63) is 52.9 Å². The molecule has 0 aliphatic heterocycles. The Labute approximate surface area is 142 Å². The van der Waals surface area contributed by atoms with E-state index in [0.29, 0.717) is 28.0 Å². The molecule has 3 aromatic heterocycles. The van der Waals surface area contributed by atoms with Crippen LogP contribution in [0.15, 0.2) is 35.2 Å². The van der Waals surface area contributed by atoms with Crippen molar-refractivity contribution < 1.29 is 9.21 Å². The van der Waals surface area contributed by atoms with Gasteiger partial charge in [-0.3, -0.25) is 9.78 Å². The molecular weight excluding hydrogens is 332 g/mol. The molecule has 0 spiro atoms. The van der Waals surface area contributed by atoms with Gasteiger partial charge in [-0.15, -0.1) is 0 Å². The summed E-state index contributed by atoms with van der Waals surface area (Å²) < 4.78 is 5.18. The number of nitrogens with one attached hydrogen (secondary N) is 1. The van der Waals surface area contributed by atoms with Crippen LogP contribution in [0, 0.1) is 6.92 Å². The lowest BCUT2D eigenvalue weighted by Crippen LogP contribution is -2.26. The van der Waals surface area contributed by atoms with Crippen LogP contribution in [0.2, 0.25) is 5.02 Å². The van der Waals surface area contributed by atoms with Crippen LogP contribution in [-0.4, -0.2) is 25.8 Å². The van der Waals surface area contributed by atoms with Crippen LogP contribution in [0.4, 0.5) is 5.82 Å². The number of rotatable bonds is 4. The van der Waals surface area contributed by atoms with Gasteiger partial charge < -0.3 is 15.5 Å². The molecule has 3 heterocycles. The van der Waals surface area contributed by atoms with Crippen LogP contribution < -0.4 is 11.1 Å². The number of hydrogen-bond acceptors (Lipinski definition) is 7. The molecule has 0 saturated carbocycles. The van der Waals surface area contributed by atoms with Gasteiger partial charge in [0.05, 0.1) is 29.2 Å². The number of hydrogen-bond donors (Lipinski definition) is 2. The fraction of sp³-hybridized carbons (Fsp3) is 0.133. The number of carbonyl (C=O) groups excluding carboxylic acids is 1. The maximum Gasteiger partial charge on any atom is 0.274 e. The first kappa shape index (κ1) is 15.9. The lowest BCUT2D eigenvalue weighted by atomic mass is 10.2. The van der Waals surface area contributed by atoms with Gasteiger partial charge in [0.1, 0.15) is 12.0 Å². The van der Waals surface area contributed by atoms with E-state index in [1.807, 2.05) is 0 Å². The highest BCUT2D eigenvalue weighted by atomic mass is 35.5. The van der Waals surface area contributed by atoms with Crippen LogP contribution in [0.1, 0.15) is 21.9 Å². The first-order chi connectivity index (χ1) is 11.6. The molecule has 3 N–H and O–H groups in total. The third-order valence-corrected chi connectivity index (χ3v) is 3.54. The lowest BCUT2D eigenvalue weighted by molar-refractivity contribution is 0.0946. The van der Waals surface area contributed by atoms with E-state index >= 15 is 0 Å². The molecule has 0 atom stereocenters. The summed E-state index contributed by atoms with van der Waals surface area (Å²) in [7, 11) is 0. The maximum atomic E-state index is 12.3. The fourth-order valence-electron chi connectivity index (χ4n) is 2.04. The van der Waals surface area contributed by atoms with E-state index in [2.05, 4.69) is 25.3 Å². The van der Waals surface area contributed by atoms with Gasteiger partial charge in [-0.05, 0) is 19.1 Å². The molecule has 0 fully saturated rings. The summed E-state index contributed by atoms with van der Waals surface area (Å²) in [5.74, 6) is -0.193. The molecule has 0 aliphatic carbocycles. The standard InChI is InChI=1S/C15H13ClN6O2/c1-8-11(15-19-5-6-24-15)22-13(17)12(21-8)14(23)20-7-10-9(16)3-2-4-18-10/h2-6H,7H2,1H3,(H2,17,22)(H,20,23). The van der Waals surface area contributed by atoms with Crippen molar-refractivity contribution in [1.82, 2.24) is 25.3 Å². The third-order valence-electron chi connectivity index (χ3n) is 3.20. The zero-order chi connectivity index (χ0) is 17.1. The summed E-state index contributed by atoms with van der Waals surface area (Å²) in [5, 5.41) is 3.14. The van der Waals surface area contributed by atoms with Crippen molar-refractivity contribution in [1.29, 1.82) is 0 Å². The van der Waals surface area contributed by atoms with E-state index in [0.717, 1.165) is 0 Å². The minimum Gasteiger partial charge on any atom is -0.443 e. The molecule has 122 valence electrons. The molecule has 9 heteroatoms. The molecule has 8 nitrogen and oxygen atoms in total. The summed E-state index contributed by atoms with van der Waals surface area (Å²) in [6, 6.07) is 3.40. The summed E-state index contributed by atoms with van der Waals surface area (Å²) in [4.78, 5) is 28.8. The van der Waals surface area contributed by atoms with E-state index < -0.39 is 5.91 Å². The first-order valence-corrected chi connectivity index (χ1v) is 7.35. The minimum atomic E-state index is -0.469. The zero-order valence-corrected chi connectivity index (χ0v) is 13.4. The number of nitrogen functional groups attached to an aromatic ring is 1.